The summed E-state index contributed by atoms with van der Waals surface area (Å²) in [4.78, 5) is 30.4. The molecule has 5 rings (SSSR count). The molecule has 1 aliphatic heterocycles. The molecule has 0 bridgehead atoms. The summed E-state index contributed by atoms with van der Waals surface area (Å²) in [5, 5.41) is 6.11. The maximum atomic E-state index is 13.9. The van der Waals surface area contributed by atoms with Crippen LogP contribution in [0, 0.1) is 0 Å². The first-order chi connectivity index (χ1) is 16.8. The van der Waals surface area contributed by atoms with Gasteiger partial charge < -0.3 is 14.6 Å². The number of aromatic nitrogens is 1. The fourth-order valence-electron chi connectivity index (χ4n) is 4.83. The van der Waals surface area contributed by atoms with Crippen LogP contribution >= 0.6 is 11.3 Å². The molecule has 4 aromatic rings. The number of para-hydroxylation sites is 1. The zero-order valence-corrected chi connectivity index (χ0v) is 21.2. The second-order valence-electron chi connectivity index (χ2n) is 9.45. The summed E-state index contributed by atoms with van der Waals surface area (Å²) in [6.07, 6.45) is 0. The summed E-state index contributed by atoms with van der Waals surface area (Å²) in [7, 11) is 1.62. The quantitative estimate of drug-likeness (QED) is 0.387. The maximum absolute atomic E-state index is 13.9. The van der Waals surface area contributed by atoms with Crippen LogP contribution in [0.1, 0.15) is 48.3 Å². The third-order valence-electron chi connectivity index (χ3n) is 6.82. The molecule has 3 heterocycles. The summed E-state index contributed by atoms with van der Waals surface area (Å²) in [5.41, 5.74) is 2.26. The van der Waals surface area contributed by atoms with E-state index in [9.17, 15) is 9.59 Å². The Labute approximate surface area is 209 Å². The van der Waals surface area contributed by atoms with Gasteiger partial charge in [0.1, 0.15) is 21.8 Å². The number of carbonyl (C=O) groups is 2. The van der Waals surface area contributed by atoms with E-state index in [-0.39, 0.29) is 11.8 Å². The molecule has 0 spiro atoms. The van der Waals surface area contributed by atoms with Crippen molar-refractivity contribution in [3.8, 4) is 5.75 Å². The molecule has 1 N–H and O–H groups in total. The molecule has 2 aromatic carbocycles. The SMILES string of the molecule is COc1ccccc1CNC(=O)[C@@]1(C)Cn2c(cc3ccsc32)C(=O)N1c1ccc(C(C)C)cc1. The standard InChI is InChI=1S/C28H29N3O3S/c1-18(2)19-9-11-22(12-10-19)31-25(32)23-15-20-13-14-35-26(20)30(23)17-28(31,3)27(33)29-16-21-7-5-6-8-24(21)34-4/h5-15,18H,16-17H2,1-4H3,(H,29,33)/t28-/m1/s1. The zero-order chi connectivity index (χ0) is 24.7. The largest absolute Gasteiger partial charge is 0.496 e. The minimum atomic E-state index is -1.12. The number of nitrogens with one attached hydrogen (secondary N) is 1. The minimum Gasteiger partial charge on any atom is -0.496 e. The Morgan fingerprint density at radius 3 is 2.60 bits per heavy atom. The van der Waals surface area contributed by atoms with E-state index in [0.29, 0.717) is 36.1 Å². The monoisotopic (exact) mass is 487 g/mol. The van der Waals surface area contributed by atoms with Gasteiger partial charge in [-0.15, -0.1) is 11.3 Å². The van der Waals surface area contributed by atoms with Gasteiger partial charge in [0.15, 0.2) is 0 Å². The van der Waals surface area contributed by atoms with Crippen molar-refractivity contribution < 1.29 is 14.3 Å². The van der Waals surface area contributed by atoms with Crippen LogP contribution in [0.3, 0.4) is 0 Å². The molecule has 2 amide bonds. The molecule has 35 heavy (non-hydrogen) atoms. The minimum absolute atomic E-state index is 0.174. The lowest BCUT2D eigenvalue weighted by atomic mass is 9.93. The fraction of sp³-hybridized carbons (Fsp3) is 0.286. The van der Waals surface area contributed by atoms with Gasteiger partial charge >= 0.3 is 0 Å². The number of thiophene rings is 1. The van der Waals surface area contributed by atoms with Gasteiger partial charge in [-0.25, -0.2) is 0 Å². The van der Waals surface area contributed by atoms with Gasteiger partial charge in [-0.1, -0.05) is 44.2 Å². The molecular weight excluding hydrogens is 458 g/mol. The normalized spacial score (nSPS) is 17.6. The van der Waals surface area contributed by atoms with Crippen molar-refractivity contribution in [3.63, 3.8) is 0 Å². The topological polar surface area (TPSA) is 63.6 Å². The summed E-state index contributed by atoms with van der Waals surface area (Å²) in [6, 6.07) is 19.5. The highest BCUT2D eigenvalue weighted by Crippen LogP contribution is 2.37. The number of carbonyl (C=O) groups excluding carboxylic acids is 2. The highest BCUT2D eigenvalue weighted by molar-refractivity contribution is 7.16. The van der Waals surface area contributed by atoms with Crippen molar-refractivity contribution >= 4 is 39.1 Å². The summed E-state index contributed by atoms with van der Waals surface area (Å²) >= 11 is 1.58. The lowest BCUT2D eigenvalue weighted by Crippen LogP contribution is -2.64. The number of fused-ring (bicyclic) bond motifs is 3. The second kappa shape index (κ2) is 8.89. The Kier molecular flexibility index (Phi) is 5.89. The Hall–Kier alpha value is -3.58. The molecule has 0 aliphatic carbocycles. The maximum Gasteiger partial charge on any atom is 0.275 e. The molecule has 180 valence electrons. The summed E-state index contributed by atoms with van der Waals surface area (Å²) in [6.45, 7) is 6.79. The van der Waals surface area contributed by atoms with Crippen LogP contribution in [-0.2, 0) is 17.9 Å². The van der Waals surface area contributed by atoms with Crippen molar-refractivity contribution in [2.75, 3.05) is 12.0 Å². The molecule has 0 radical (unpaired) electrons. The van der Waals surface area contributed by atoms with E-state index in [1.165, 1.54) is 5.56 Å². The lowest BCUT2D eigenvalue weighted by molar-refractivity contribution is -0.126. The van der Waals surface area contributed by atoms with Gasteiger partial charge in [0.2, 0.25) is 5.91 Å². The van der Waals surface area contributed by atoms with Gasteiger partial charge in [-0.2, -0.15) is 0 Å². The molecule has 2 aromatic heterocycles. The first kappa shape index (κ1) is 23.2. The number of anilines is 1. The Bertz CT molecular complexity index is 1400. The number of amides is 2. The first-order valence-electron chi connectivity index (χ1n) is 11.7. The zero-order valence-electron chi connectivity index (χ0n) is 20.4. The van der Waals surface area contributed by atoms with E-state index in [1.54, 1.807) is 23.3 Å². The third-order valence-corrected chi connectivity index (χ3v) is 7.77. The predicted octanol–water partition coefficient (Wildman–Crippen LogP) is 5.57. The average molecular weight is 488 g/mol. The van der Waals surface area contributed by atoms with Gasteiger partial charge in [-0.05, 0) is 54.1 Å². The molecule has 0 unspecified atom stereocenters. The van der Waals surface area contributed by atoms with Crippen molar-refractivity contribution in [1.82, 2.24) is 9.88 Å². The van der Waals surface area contributed by atoms with Gasteiger partial charge in [0.25, 0.3) is 5.91 Å². The number of rotatable bonds is 6. The predicted molar refractivity (Wildman–Crippen MR) is 140 cm³/mol. The third kappa shape index (κ3) is 3.90. The van der Waals surface area contributed by atoms with Crippen molar-refractivity contribution in [3.05, 3.63) is 82.9 Å². The fourth-order valence-corrected chi connectivity index (χ4v) is 5.72. The molecule has 0 saturated heterocycles. The molecule has 1 atom stereocenters. The van der Waals surface area contributed by atoms with E-state index in [1.807, 2.05) is 77.5 Å². The molecule has 6 nitrogen and oxygen atoms in total. The highest BCUT2D eigenvalue weighted by atomic mass is 32.1. The first-order valence-corrected chi connectivity index (χ1v) is 12.6. The van der Waals surface area contributed by atoms with Gasteiger partial charge in [0, 0.05) is 23.2 Å². The molecule has 1 aliphatic rings. The van der Waals surface area contributed by atoms with Crippen molar-refractivity contribution in [1.29, 1.82) is 0 Å². The van der Waals surface area contributed by atoms with Crippen LogP contribution in [0.5, 0.6) is 5.75 Å². The molecule has 0 saturated carbocycles. The van der Waals surface area contributed by atoms with E-state index in [4.69, 9.17) is 4.74 Å². The number of benzene rings is 2. The molecule has 7 heteroatoms. The number of hydrogen-bond donors (Lipinski definition) is 1. The Morgan fingerprint density at radius 2 is 1.89 bits per heavy atom. The number of methoxy groups -OCH3 is 1. The van der Waals surface area contributed by atoms with E-state index < -0.39 is 5.54 Å². The van der Waals surface area contributed by atoms with E-state index in [0.717, 1.165) is 15.8 Å². The summed E-state index contributed by atoms with van der Waals surface area (Å²) < 4.78 is 7.43. The van der Waals surface area contributed by atoms with Crippen LogP contribution < -0.4 is 15.0 Å². The molecule has 0 fully saturated rings. The molecular formula is C28H29N3O3S. The van der Waals surface area contributed by atoms with Crippen LogP contribution in [0.15, 0.2) is 66.0 Å². The van der Waals surface area contributed by atoms with Crippen LogP contribution in [0.25, 0.3) is 10.2 Å². The van der Waals surface area contributed by atoms with Crippen LogP contribution in [0.4, 0.5) is 5.69 Å². The van der Waals surface area contributed by atoms with Crippen LogP contribution in [0.2, 0.25) is 0 Å². The smallest absolute Gasteiger partial charge is 0.275 e. The number of nitrogens with zero attached hydrogens (tertiary/aromatic N) is 2. The number of ether oxygens (including phenoxy) is 1. The Morgan fingerprint density at radius 1 is 1.14 bits per heavy atom. The van der Waals surface area contributed by atoms with Crippen LogP contribution in [-0.4, -0.2) is 29.0 Å². The lowest BCUT2D eigenvalue weighted by Gasteiger charge is -2.44. The van der Waals surface area contributed by atoms with Crippen molar-refractivity contribution in [2.45, 2.75) is 45.3 Å². The average Bonchev–Trinajstić information content (AvgIpc) is 3.45. The second-order valence-corrected chi connectivity index (χ2v) is 10.3. The van der Waals surface area contributed by atoms with Crippen molar-refractivity contribution in [2.24, 2.45) is 0 Å². The van der Waals surface area contributed by atoms with Gasteiger partial charge in [0.05, 0.1) is 13.7 Å². The van der Waals surface area contributed by atoms with E-state index in [2.05, 4.69) is 19.2 Å². The van der Waals surface area contributed by atoms with E-state index >= 15 is 0 Å². The van der Waals surface area contributed by atoms with Gasteiger partial charge in [-0.3, -0.25) is 14.5 Å². The Balaban J connectivity index is 1.55. The number of hydrogen-bond acceptors (Lipinski definition) is 4. The summed E-state index contributed by atoms with van der Waals surface area (Å²) in [5.74, 6) is 0.702. The highest BCUT2D eigenvalue weighted by Gasteiger charge is 2.48.